The number of thiazole rings is 1. The highest BCUT2D eigenvalue weighted by Gasteiger charge is 2.05. The van der Waals surface area contributed by atoms with E-state index in [1.165, 1.54) is 19.3 Å². The van der Waals surface area contributed by atoms with Crippen molar-refractivity contribution in [2.75, 3.05) is 0 Å². The fourth-order valence-corrected chi connectivity index (χ4v) is 3.04. The fourth-order valence-electron chi connectivity index (χ4n) is 2.17. The SMILES string of the molecule is CCCCCC(C)NC(=O)C=Cc1nc2ccccc2s1. The van der Waals surface area contributed by atoms with Crippen LogP contribution in [0.5, 0.6) is 0 Å². The van der Waals surface area contributed by atoms with Crippen molar-refractivity contribution in [2.24, 2.45) is 0 Å². The van der Waals surface area contributed by atoms with Crippen LogP contribution in [-0.2, 0) is 4.79 Å². The summed E-state index contributed by atoms with van der Waals surface area (Å²) in [6.45, 7) is 4.24. The molecule has 0 saturated carbocycles. The summed E-state index contributed by atoms with van der Waals surface area (Å²) < 4.78 is 1.14. The Labute approximate surface area is 130 Å². The van der Waals surface area contributed by atoms with E-state index in [2.05, 4.69) is 24.1 Å². The molecule has 1 amide bonds. The third-order valence-corrected chi connectivity index (χ3v) is 4.32. The summed E-state index contributed by atoms with van der Waals surface area (Å²) in [5.74, 6) is -0.0433. The zero-order chi connectivity index (χ0) is 15.1. The molecule has 0 aliphatic rings. The highest BCUT2D eigenvalue weighted by molar-refractivity contribution is 7.19. The maximum absolute atomic E-state index is 11.9. The second-order valence-corrected chi connectivity index (χ2v) is 6.32. The highest BCUT2D eigenvalue weighted by Crippen LogP contribution is 2.22. The molecule has 1 aromatic carbocycles. The Kier molecular flexibility index (Phi) is 5.93. The summed E-state index contributed by atoms with van der Waals surface area (Å²) in [6, 6.07) is 8.22. The molecule has 0 aliphatic heterocycles. The van der Waals surface area contributed by atoms with Crippen molar-refractivity contribution in [2.45, 2.75) is 45.6 Å². The average Bonchev–Trinajstić information content (AvgIpc) is 2.88. The van der Waals surface area contributed by atoms with Gasteiger partial charge in [-0.05, 0) is 31.6 Å². The van der Waals surface area contributed by atoms with Gasteiger partial charge in [0.15, 0.2) is 0 Å². The molecule has 1 unspecified atom stereocenters. The molecule has 3 nitrogen and oxygen atoms in total. The van der Waals surface area contributed by atoms with Crippen molar-refractivity contribution >= 4 is 33.5 Å². The van der Waals surface area contributed by atoms with Gasteiger partial charge in [-0.25, -0.2) is 4.98 Å². The Hall–Kier alpha value is -1.68. The molecule has 1 heterocycles. The quantitative estimate of drug-likeness (QED) is 0.608. The lowest BCUT2D eigenvalue weighted by atomic mass is 10.1. The molecule has 2 rings (SSSR count). The molecule has 1 atom stereocenters. The first-order chi connectivity index (χ1) is 10.2. The number of carbonyl (C=O) groups excluding carboxylic acids is 1. The molecular formula is C17H22N2OS. The number of benzene rings is 1. The van der Waals surface area contributed by atoms with Crippen LogP contribution >= 0.6 is 11.3 Å². The molecule has 2 aromatic rings. The minimum absolute atomic E-state index is 0.0433. The van der Waals surface area contributed by atoms with E-state index in [1.807, 2.05) is 24.3 Å². The van der Waals surface area contributed by atoms with Crippen molar-refractivity contribution < 1.29 is 4.79 Å². The number of carbonyl (C=O) groups is 1. The molecule has 1 aromatic heterocycles. The Bertz CT molecular complexity index is 585. The fraction of sp³-hybridized carbons (Fsp3) is 0.412. The number of nitrogens with zero attached hydrogens (tertiary/aromatic N) is 1. The van der Waals surface area contributed by atoms with Gasteiger partial charge in [-0.15, -0.1) is 11.3 Å². The number of unbranched alkanes of at least 4 members (excludes halogenated alkanes) is 2. The van der Waals surface area contributed by atoms with Crippen LogP contribution in [0.3, 0.4) is 0 Å². The maximum Gasteiger partial charge on any atom is 0.244 e. The summed E-state index contributed by atoms with van der Waals surface area (Å²) in [5.41, 5.74) is 0.982. The number of rotatable bonds is 7. The van der Waals surface area contributed by atoms with E-state index in [-0.39, 0.29) is 11.9 Å². The average molecular weight is 302 g/mol. The van der Waals surface area contributed by atoms with E-state index in [9.17, 15) is 4.79 Å². The first-order valence-electron chi connectivity index (χ1n) is 7.53. The van der Waals surface area contributed by atoms with Crippen molar-refractivity contribution in [3.05, 3.63) is 35.3 Å². The number of aromatic nitrogens is 1. The minimum Gasteiger partial charge on any atom is -0.350 e. The van der Waals surface area contributed by atoms with E-state index >= 15 is 0 Å². The second-order valence-electron chi connectivity index (χ2n) is 5.26. The monoisotopic (exact) mass is 302 g/mol. The first kappa shape index (κ1) is 15.7. The van der Waals surface area contributed by atoms with E-state index in [1.54, 1.807) is 23.5 Å². The van der Waals surface area contributed by atoms with Crippen LogP contribution in [0.2, 0.25) is 0 Å². The van der Waals surface area contributed by atoms with Crippen LogP contribution in [0.15, 0.2) is 30.3 Å². The van der Waals surface area contributed by atoms with Gasteiger partial charge >= 0.3 is 0 Å². The number of para-hydroxylation sites is 1. The van der Waals surface area contributed by atoms with Gasteiger partial charge < -0.3 is 5.32 Å². The second kappa shape index (κ2) is 7.93. The molecular weight excluding hydrogens is 280 g/mol. The predicted molar refractivity (Wildman–Crippen MR) is 90.4 cm³/mol. The van der Waals surface area contributed by atoms with Crippen molar-refractivity contribution in [3.63, 3.8) is 0 Å². The molecule has 1 N–H and O–H groups in total. The molecule has 0 aliphatic carbocycles. The number of hydrogen-bond donors (Lipinski definition) is 1. The number of fused-ring (bicyclic) bond motifs is 1. The highest BCUT2D eigenvalue weighted by atomic mass is 32.1. The minimum atomic E-state index is -0.0433. The number of hydrogen-bond acceptors (Lipinski definition) is 3. The van der Waals surface area contributed by atoms with Crippen molar-refractivity contribution in [1.29, 1.82) is 0 Å². The Morgan fingerprint density at radius 3 is 2.95 bits per heavy atom. The smallest absolute Gasteiger partial charge is 0.244 e. The third-order valence-electron chi connectivity index (χ3n) is 3.32. The normalized spacial score (nSPS) is 12.9. The van der Waals surface area contributed by atoms with E-state index in [4.69, 9.17) is 0 Å². The standard InChI is InChI=1S/C17H22N2OS/c1-3-4-5-8-13(2)18-16(20)11-12-17-19-14-9-6-7-10-15(14)21-17/h6-7,9-13H,3-5,8H2,1-2H3,(H,18,20). The topological polar surface area (TPSA) is 42.0 Å². The molecule has 0 radical (unpaired) electrons. The van der Waals surface area contributed by atoms with Gasteiger partial charge in [0.1, 0.15) is 5.01 Å². The van der Waals surface area contributed by atoms with Crippen LogP contribution in [0.25, 0.3) is 16.3 Å². The lowest BCUT2D eigenvalue weighted by Crippen LogP contribution is -2.30. The molecule has 0 saturated heterocycles. The summed E-state index contributed by atoms with van der Waals surface area (Å²) >= 11 is 1.60. The molecule has 0 fully saturated rings. The first-order valence-corrected chi connectivity index (χ1v) is 8.35. The summed E-state index contributed by atoms with van der Waals surface area (Å²) in [4.78, 5) is 16.3. The van der Waals surface area contributed by atoms with E-state index in [0.29, 0.717) is 0 Å². The van der Waals surface area contributed by atoms with Crippen LogP contribution < -0.4 is 5.32 Å². The van der Waals surface area contributed by atoms with Gasteiger partial charge in [-0.2, -0.15) is 0 Å². The van der Waals surface area contributed by atoms with Gasteiger partial charge in [-0.1, -0.05) is 38.3 Å². The summed E-state index contributed by atoms with van der Waals surface area (Å²) in [5, 5.41) is 3.86. The van der Waals surface area contributed by atoms with Gasteiger partial charge in [0.25, 0.3) is 0 Å². The Balaban J connectivity index is 1.86. The van der Waals surface area contributed by atoms with E-state index in [0.717, 1.165) is 21.6 Å². The largest absolute Gasteiger partial charge is 0.350 e. The molecule has 21 heavy (non-hydrogen) atoms. The van der Waals surface area contributed by atoms with Crippen LogP contribution in [-0.4, -0.2) is 16.9 Å². The molecule has 0 spiro atoms. The zero-order valence-corrected chi connectivity index (χ0v) is 13.5. The van der Waals surface area contributed by atoms with Crippen LogP contribution in [0.1, 0.15) is 44.5 Å². The van der Waals surface area contributed by atoms with Crippen molar-refractivity contribution in [3.8, 4) is 0 Å². The van der Waals surface area contributed by atoms with Gasteiger partial charge in [0.05, 0.1) is 10.2 Å². The van der Waals surface area contributed by atoms with E-state index < -0.39 is 0 Å². The number of nitrogens with one attached hydrogen (secondary N) is 1. The maximum atomic E-state index is 11.9. The Morgan fingerprint density at radius 2 is 2.19 bits per heavy atom. The summed E-state index contributed by atoms with van der Waals surface area (Å²) in [7, 11) is 0. The van der Waals surface area contributed by atoms with Gasteiger partial charge in [0.2, 0.25) is 5.91 Å². The third kappa shape index (κ3) is 4.97. The molecule has 4 heteroatoms. The van der Waals surface area contributed by atoms with Gasteiger partial charge in [-0.3, -0.25) is 4.79 Å². The zero-order valence-electron chi connectivity index (χ0n) is 12.6. The van der Waals surface area contributed by atoms with Crippen LogP contribution in [0.4, 0.5) is 0 Å². The predicted octanol–water partition coefficient (Wildman–Crippen LogP) is 4.39. The number of amides is 1. The lowest BCUT2D eigenvalue weighted by Gasteiger charge is -2.11. The van der Waals surface area contributed by atoms with Crippen molar-refractivity contribution in [1.82, 2.24) is 10.3 Å². The summed E-state index contributed by atoms with van der Waals surface area (Å²) in [6.07, 6.45) is 8.00. The Morgan fingerprint density at radius 1 is 1.38 bits per heavy atom. The lowest BCUT2D eigenvalue weighted by molar-refractivity contribution is -0.117. The van der Waals surface area contributed by atoms with Gasteiger partial charge in [0, 0.05) is 12.1 Å². The van der Waals surface area contributed by atoms with Crippen LogP contribution in [0, 0.1) is 0 Å². The molecule has 112 valence electrons. The molecule has 0 bridgehead atoms.